The van der Waals surface area contributed by atoms with Crippen molar-refractivity contribution in [2.45, 2.75) is 129 Å². The third kappa shape index (κ3) is 5.89. The van der Waals surface area contributed by atoms with Crippen LogP contribution in [0.1, 0.15) is 92.4 Å². The zero-order valence-electron chi connectivity index (χ0n) is 26.2. The second-order valence-corrected chi connectivity index (χ2v) is 15.0. The molecule has 8 heteroatoms. The minimum Gasteiger partial charge on any atom is -0.460 e. The number of rotatable bonds is 8. The quantitative estimate of drug-likeness (QED) is 0.244. The Kier molecular flexibility index (Phi) is 9.36. The minimum absolute atomic E-state index is 0.0650. The van der Waals surface area contributed by atoms with Crippen LogP contribution in [0.15, 0.2) is 23.8 Å². The highest BCUT2D eigenvalue weighted by molar-refractivity contribution is 5.66. The normalized spacial score (nSPS) is 44.6. The molecular weight excluding hydrogens is 536 g/mol. The van der Waals surface area contributed by atoms with E-state index in [1.54, 1.807) is 0 Å². The van der Waals surface area contributed by atoms with Crippen LogP contribution < -0.4 is 0 Å². The van der Waals surface area contributed by atoms with Crippen LogP contribution >= 0.6 is 0 Å². The highest BCUT2D eigenvalue weighted by Gasteiger charge is 2.60. The standard InChI is InChI=1S/C34H54O8/c1-20(7-6-14-32(3,4)42-21(2)36)25-10-11-26-24-9-8-22-17-23(41-31-30(39)29(38)28(37)18-40-31)12-16-34(22,19-35)27(24)13-15-33(25,26)5/h6-8,20,23-31,35,37-39H,9-19H2,1-5H3. The molecule has 0 aromatic heterocycles. The molecule has 5 rings (SSSR count). The SMILES string of the molecule is CC(=O)OC(C)(C)CC=CC(C)C1CCC2C3CC=C4CC(OC5OCC(O)C(O)C5O)CCC4(CO)C3CCC12C. The Labute approximate surface area is 251 Å². The monoisotopic (exact) mass is 590 g/mol. The third-order valence-electron chi connectivity index (χ3n) is 12.0. The van der Waals surface area contributed by atoms with Gasteiger partial charge in [0.05, 0.1) is 19.3 Å². The molecule has 4 fully saturated rings. The average molecular weight is 591 g/mol. The van der Waals surface area contributed by atoms with Gasteiger partial charge in [0, 0.05) is 18.8 Å². The maximum absolute atomic E-state index is 11.4. The van der Waals surface area contributed by atoms with E-state index in [4.69, 9.17) is 14.2 Å². The second-order valence-electron chi connectivity index (χ2n) is 15.0. The molecule has 238 valence electrons. The van der Waals surface area contributed by atoms with Crippen molar-refractivity contribution in [3.63, 3.8) is 0 Å². The first-order valence-electron chi connectivity index (χ1n) is 16.3. The van der Waals surface area contributed by atoms with E-state index >= 15 is 0 Å². The summed E-state index contributed by atoms with van der Waals surface area (Å²) in [6, 6.07) is 0. The summed E-state index contributed by atoms with van der Waals surface area (Å²) >= 11 is 0. The molecule has 1 saturated heterocycles. The molecule has 12 unspecified atom stereocenters. The van der Waals surface area contributed by atoms with E-state index in [-0.39, 0.29) is 36.1 Å². The van der Waals surface area contributed by atoms with Crippen molar-refractivity contribution in [2.75, 3.05) is 13.2 Å². The molecule has 3 saturated carbocycles. The summed E-state index contributed by atoms with van der Waals surface area (Å²) in [5.74, 6) is 2.50. The molecule has 12 atom stereocenters. The van der Waals surface area contributed by atoms with Crippen molar-refractivity contribution in [3.05, 3.63) is 23.8 Å². The number of allylic oxidation sites excluding steroid dienone is 2. The summed E-state index contributed by atoms with van der Waals surface area (Å²) in [6.45, 7) is 10.3. The van der Waals surface area contributed by atoms with Crippen molar-refractivity contribution in [3.8, 4) is 0 Å². The van der Waals surface area contributed by atoms with Gasteiger partial charge in [0.25, 0.3) is 0 Å². The second kappa shape index (κ2) is 12.2. The van der Waals surface area contributed by atoms with Crippen LogP contribution in [0.5, 0.6) is 0 Å². The van der Waals surface area contributed by atoms with Gasteiger partial charge in [-0.3, -0.25) is 4.79 Å². The van der Waals surface area contributed by atoms with E-state index in [0.29, 0.717) is 42.4 Å². The average Bonchev–Trinajstić information content (AvgIpc) is 3.29. The van der Waals surface area contributed by atoms with Crippen LogP contribution in [0.25, 0.3) is 0 Å². The lowest BCUT2D eigenvalue weighted by Gasteiger charge is -2.59. The number of hydrogen-bond donors (Lipinski definition) is 4. The summed E-state index contributed by atoms with van der Waals surface area (Å²) < 4.78 is 17.1. The van der Waals surface area contributed by atoms with Crippen molar-refractivity contribution in [1.29, 1.82) is 0 Å². The number of ether oxygens (including phenoxy) is 3. The van der Waals surface area contributed by atoms with Crippen molar-refractivity contribution < 1.29 is 39.4 Å². The number of carbonyl (C=O) groups excluding carboxylic acids is 1. The molecule has 0 radical (unpaired) electrons. The fourth-order valence-corrected chi connectivity index (χ4v) is 9.96. The fourth-order valence-electron chi connectivity index (χ4n) is 9.96. The lowest BCUT2D eigenvalue weighted by atomic mass is 9.46. The maximum Gasteiger partial charge on any atom is 0.303 e. The zero-order chi connectivity index (χ0) is 30.4. The van der Waals surface area contributed by atoms with Crippen molar-refractivity contribution >= 4 is 5.97 Å². The molecule has 8 nitrogen and oxygen atoms in total. The Balaban J connectivity index is 1.25. The van der Waals surface area contributed by atoms with Crippen LogP contribution in [0.3, 0.4) is 0 Å². The molecule has 1 heterocycles. The Morgan fingerprint density at radius 1 is 1.14 bits per heavy atom. The van der Waals surface area contributed by atoms with Crippen molar-refractivity contribution in [1.82, 2.24) is 0 Å². The minimum atomic E-state index is -1.29. The first kappa shape index (κ1) is 32.1. The molecule has 5 aliphatic rings. The van der Waals surface area contributed by atoms with Gasteiger partial charge in [0.2, 0.25) is 0 Å². The Bertz CT molecular complexity index is 1040. The van der Waals surface area contributed by atoms with Gasteiger partial charge in [-0.2, -0.15) is 0 Å². The van der Waals surface area contributed by atoms with Gasteiger partial charge >= 0.3 is 5.97 Å². The van der Waals surface area contributed by atoms with Crippen LogP contribution in [-0.2, 0) is 19.0 Å². The number of aliphatic hydroxyl groups excluding tert-OH is 4. The van der Waals surface area contributed by atoms with Gasteiger partial charge < -0.3 is 34.6 Å². The third-order valence-corrected chi connectivity index (χ3v) is 12.0. The van der Waals surface area contributed by atoms with Crippen LogP contribution in [0, 0.1) is 40.4 Å². The van der Waals surface area contributed by atoms with E-state index in [9.17, 15) is 25.2 Å². The molecule has 42 heavy (non-hydrogen) atoms. The number of esters is 1. The first-order valence-corrected chi connectivity index (χ1v) is 16.3. The summed E-state index contributed by atoms with van der Waals surface area (Å²) in [5.41, 5.74) is 0.860. The molecule has 0 aromatic rings. The molecule has 0 amide bonds. The highest BCUT2D eigenvalue weighted by atomic mass is 16.7. The summed E-state index contributed by atoms with van der Waals surface area (Å²) in [4.78, 5) is 11.4. The van der Waals surface area contributed by atoms with Gasteiger partial charge in [0.15, 0.2) is 6.29 Å². The summed E-state index contributed by atoms with van der Waals surface area (Å²) in [6.07, 6.45) is 11.0. The number of hydrogen-bond acceptors (Lipinski definition) is 8. The Hall–Kier alpha value is -1.29. The fraction of sp³-hybridized carbons (Fsp3) is 0.853. The number of aliphatic hydroxyl groups is 4. The molecule has 4 N–H and O–H groups in total. The smallest absolute Gasteiger partial charge is 0.303 e. The van der Waals surface area contributed by atoms with Crippen LogP contribution in [0.4, 0.5) is 0 Å². The van der Waals surface area contributed by atoms with E-state index in [1.165, 1.54) is 31.8 Å². The lowest BCUT2D eigenvalue weighted by Crippen LogP contribution is -2.56. The van der Waals surface area contributed by atoms with E-state index in [0.717, 1.165) is 25.7 Å². The predicted molar refractivity (Wildman–Crippen MR) is 158 cm³/mol. The predicted octanol–water partition coefficient (Wildman–Crippen LogP) is 4.29. The van der Waals surface area contributed by atoms with E-state index in [2.05, 4.69) is 32.1 Å². The number of carbonyl (C=O) groups is 1. The molecule has 0 spiro atoms. The van der Waals surface area contributed by atoms with Crippen LogP contribution in [0.2, 0.25) is 0 Å². The molecular formula is C34H54O8. The van der Waals surface area contributed by atoms with E-state index in [1.807, 2.05) is 13.8 Å². The Morgan fingerprint density at radius 3 is 2.62 bits per heavy atom. The van der Waals surface area contributed by atoms with Gasteiger partial charge in [0.1, 0.15) is 23.9 Å². The molecule has 4 aliphatic carbocycles. The van der Waals surface area contributed by atoms with Gasteiger partial charge in [-0.1, -0.05) is 37.6 Å². The van der Waals surface area contributed by atoms with Crippen LogP contribution in [-0.4, -0.2) is 75.9 Å². The first-order chi connectivity index (χ1) is 19.8. The van der Waals surface area contributed by atoms with Gasteiger partial charge in [-0.25, -0.2) is 0 Å². The van der Waals surface area contributed by atoms with Gasteiger partial charge in [-0.05, 0) is 100 Å². The summed E-state index contributed by atoms with van der Waals surface area (Å²) in [7, 11) is 0. The van der Waals surface area contributed by atoms with E-state index < -0.39 is 30.2 Å². The molecule has 0 aromatic carbocycles. The lowest BCUT2D eigenvalue weighted by molar-refractivity contribution is -0.285. The Morgan fingerprint density at radius 2 is 1.90 bits per heavy atom. The van der Waals surface area contributed by atoms with Gasteiger partial charge in [-0.15, -0.1) is 0 Å². The largest absolute Gasteiger partial charge is 0.460 e. The number of fused-ring (bicyclic) bond motifs is 5. The summed E-state index contributed by atoms with van der Waals surface area (Å²) in [5, 5.41) is 41.2. The molecule has 0 bridgehead atoms. The molecule has 1 aliphatic heterocycles. The zero-order valence-corrected chi connectivity index (χ0v) is 26.2. The maximum atomic E-state index is 11.4. The highest BCUT2D eigenvalue weighted by Crippen LogP contribution is 2.67. The van der Waals surface area contributed by atoms with Crippen molar-refractivity contribution in [2.24, 2.45) is 40.4 Å². The topological polar surface area (TPSA) is 126 Å².